The lowest BCUT2D eigenvalue weighted by atomic mass is 10.0. The maximum Gasteiger partial charge on any atom is 0.417 e. The number of rotatable bonds is 3. The first kappa shape index (κ1) is 13.6. The predicted octanol–water partition coefficient (Wildman–Crippen LogP) is 3.38. The lowest BCUT2D eigenvalue weighted by Crippen LogP contribution is -2.12. The molecule has 0 spiro atoms. The Labute approximate surface area is 108 Å². The quantitative estimate of drug-likeness (QED) is 0.896. The molecular formula is C13H14F3N3. The molecule has 1 atom stereocenters. The Kier molecular flexibility index (Phi) is 3.61. The second kappa shape index (κ2) is 5.05. The maximum atomic E-state index is 12.9. The van der Waals surface area contributed by atoms with Crippen molar-refractivity contribution in [3.05, 3.63) is 41.6 Å². The van der Waals surface area contributed by atoms with E-state index in [4.69, 9.17) is 0 Å². The van der Waals surface area contributed by atoms with Gasteiger partial charge in [-0.25, -0.2) is 0 Å². The summed E-state index contributed by atoms with van der Waals surface area (Å²) in [6.45, 7) is 1.90. The minimum absolute atomic E-state index is 0.000649. The van der Waals surface area contributed by atoms with Gasteiger partial charge in [-0.1, -0.05) is 18.2 Å². The summed E-state index contributed by atoms with van der Waals surface area (Å²) in [4.78, 5) is 0. The Balaban J connectivity index is 2.45. The third-order valence-corrected chi connectivity index (χ3v) is 3.01. The van der Waals surface area contributed by atoms with E-state index in [9.17, 15) is 13.2 Å². The molecule has 2 N–H and O–H groups in total. The van der Waals surface area contributed by atoms with Gasteiger partial charge in [-0.3, -0.25) is 5.10 Å². The Bertz CT molecular complexity index is 560. The molecule has 3 nitrogen and oxygen atoms in total. The number of hydrogen-bond acceptors (Lipinski definition) is 2. The van der Waals surface area contributed by atoms with Crippen LogP contribution in [0, 0.1) is 0 Å². The molecule has 1 aromatic carbocycles. The van der Waals surface area contributed by atoms with Crippen LogP contribution in [0.25, 0.3) is 11.3 Å². The minimum atomic E-state index is -4.38. The normalized spacial score (nSPS) is 13.5. The van der Waals surface area contributed by atoms with E-state index < -0.39 is 11.7 Å². The van der Waals surface area contributed by atoms with E-state index in [2.05, 4.69) is 15.5 Å². The highest BCUT2D eigenvalue weighted by molar-refractivity contribution is 5.64. The molecule has 0 bridgehead atoms. The fourth-order valence-corrected chi connectivity index (χ4v) is 1.81. The highest BCUT2D eigenvalue weighted by atomic mass is 19.4. The fraction of sp³-hybridized carbons (Fsp3) is 0.308. The molecule has 0 radical (unpaired) electrons. The Morgan fingerprint density at radius 1 is 1.26 bits per heavy atom. The van der Waals surface area contributed by atoms with E-state index in [0.29, 0.717) is 5.69 Å². The fourth-order valence-electron chi connectivity index (χ4n) is 1.81. The number of nitrogens with one attached hydrogen (secondary N) is 2. The van der Waals surface area contributed by atoms with Gasteiger partial charge in [-0.2, -0.15) is 18.3 Å². The predicted molar refractivity (Wildman–Crippen MR) is 66.5 cm³/mol. The Hall–Kier alpha value is -1.82. The van der Waals surface area contributed by atoms with Crippen molar-refractivity contribution in [2.75, 3.05) is 7.05 Å². The number of aromatic nitrogens is 2. The molecule has 19 heavy (non-hydrogen) atoms. The molecular weight excluding hydrogens is 255 g/mol. The first-order chi connectivity index (χ1) is 8.93. The van der Waals surface area contributed by atoms with Crippen molar-refractivity contribution in [3.63, 3.8) is 0 Å². The van der Waals surface area contributed by atoms with E-state index in [-0.39, 0.29) is 11.6 Å². The lowest BCUT2D eigenvalue weighted by molar-refractivity contribution is -0.137. The smallest absolute Gasteiger partial charge is 0.312 e. The van der Waals surface area contributed by atoms with Crippen LogP contribution in [-0.4, -0.2) is 17.2 Å². The molecule has 0 aliphatic heterocycles. The number of benzene rings is 1. The zero-order chi connectivity index (χ0) is 14.0. The van der Waals surface area contributed by atoms with Crippen molar-refractivity contribution >= 4 is 0 Å². The number of halogens is 3. The number of alkyl halides is 3. The van der Waals surface area contributed by atoms with Gasteiger partial charge in [0.1, 0.15) is 0 Å². The summed E-state index contributed by atoms with van der Waals surface area (Å²) in [5.41, 5.74) is 0.450. The van der Waals surface area contributed by atoms with Crippen molar-refractivity contribution in [1.82, 2.24) is 15.5 Å². The van der Waals surface area contributed by atoms with E-state index in [0.717, 1.165) is 11.8 Å². The topological polar surface area (TPSA) is 40.7 Å². The molecule has 1 heterocycles. The molecule has 2 aromatic rings. The van der Waals surface area contributed by atoms with E-state index in [1.165, 1.54) is 12.1 Å². The number of aromatic amines is 1. The summed E-state index contributed by atoms with van der Waals surface area (Å²) >= 11 is 0. The van der Waals surface area contributed by atoms with Gasteiger partial charge in [0.05, 0.1) is 17.0 Å². The minimum Gasteiger partial charge on any atom is -0.312 e. The van der Waals surface area contributed by atoms with Crippen LogP contribution in [-0.2, 0) is 6.18 Å². The van der Waals surface area contributed by atoms with Gasteiger partial charge in [0.15, 0.2) is 0 Å². The van der Waals surface area contributed by atoms with Crippen LogP contribution in [0.4, 0.5) is 13.2 Å². The van der Waals surface area contributed by atoms with Crippen molar-refractivity contribution in [2.24, 2.45) is 0 Å². The van der Waals surface area contributed by atoms with Gasteiger partial charge in [-0.15, -0.1) is 0 Å². The second-order valence-electron chi connectivity index (χ2n) is 4.26. The van der Waals surface area contributed by atoms with Crippen molar-refractivity contribution in [2.45, 2.75) is 19.1 Å². The monoisotopic (exact) mass is 269 g/mol. The highest BCUT2D eigenvalue weighted by Crippen LogP contribution is 2.36. The van der Waals surface area contributed by atoms with Gasteiger partial charge < -0.3 is 5.32 Å². The maximum absolute atomic E-state index is 12.9. The summed E-state index contributed by atoms with van der Waals surface area (Å²) in [6.07, 6.45) is -4.38. The van der Waals surface area contributed by atoms with Crippen molar-refractivity contribution in [1.29, 1.82) is 0 Å². The number of hydrogen-bond donors (Lipinski definition) is 2. The van der Waals surface area contributed by atoms with E-state index in [1.54, 1.807) is 19.2 Å². The van der Waals surface area contributed by atoms with Crippen LogP contribution < -0.4 is 5.32 Å². The Morgan fingerprint density at radius 2 is 1.95 bits per heavy atom. The average Bonchev–Trinajstić information content (AvgIpc) is 2.86. The molecule has 0 saturated carbocycles. The molecule has 0 saturated heterocycles. The molecule has 0 fully saturated rings. The number of H-pyrrole nitrogens is 1. The molecule has 0 amide bonds. The molecule has 1 aromatic heterocycles. The third kappa shape index (κ3) is 2.78. The molecule has 102 valence electrons. The average molecular weight is 269 g/mol. The van der Waals surface area contributed by atoms with Crippen LogP contribution in [0.3, 0.4) is 0 Å². The van der Waals surface area contributed by atoms with Gasteiger partial charge in [0.2, 0.25) is 0 Å². The van der Waals surface area contributed by atoms with Crippen LogP contribution in [0.1, 0.15) is 24.2 Å². The molecule has 1 unspecified atom stereocenters. The molecule has 0 aliphatic carbocycles. The first-order valence-corrected chi connectivity index (χ1v) is 5.82. The van der Waals surface area contributed by atoms with Gasteiger partial charge >= 0.3 is 6.18 Å². The zero-order valence-electron chi connectivity index (χ0n) is 10.5. The molecule has 0 aliphatic rings. The third-order valence-electron chi connectivity index (χ3n) is 3.01. The largest absolute Gasteiger partial charge is 0.417 e. The summed E-state index contributed by atoms with van der Waals surface area (Å²) in [7, 11) is 1.77. The summed E-state index contributed by atoms with van der Waals surface area (Å²) in [5, 5.41) is 9.72. The molecule has 6 heteroatoms. The van der Waals surface area contributed by atoms with Crippen molar-refractivity contribution in [3.8, 4) is 11.3 Å². The Morgan fingerprint density at radius 3 is 2.58 bits per heavy atom. The van der Waals surface area contributed by atoms with Gasteiger partial charge in [0, 0.05) is 11.6 Å². The van der Waals surface area contributed by atoms with E-state index in [1.807, 2.05) is 6.92 Å². The standard InChI is InChI=1S/C13H14F3N3/c1-8(17-2)11-7-12(19-18-11)9-5-3-4-6-10(9)13(14,15)16/h3-8,17H,1-2H3,(H,18,19). The SMILES string of the molecule is CNC(C)c1cc(-c2ccccc2C(F)(F)F)n[nH]1. The van der Waals surface area contributed by atoms with Crippen LogP contribution in [0.2, 0.25) is 0 Å². The van der Waals surface area contributed by atoms with Crippen LogP contribution >= 0.6 is 0 Å². The zero-order valence-corrected chi connectivity index (χ0v) is 10.5. The summed E-state index contributed by atoms with van der Waals surface area (Å²) < 4.78 is 38.7. The van der Waals surface area contributed by atoms with Gasteiger partial charge in [-0.05, 0) is 26.1 Å². The number of nitrogens with zero attached hydrogens (tertiary/aromatic N) is 1. The van der Waals surface area contributed by atoms with Crippen LogP contribution in [0.15, 0.2) is 30.3 Å². The lowest BCUT2D eigenvalue weighted by Gasteiger charge is -2.10. The molecule has 2 rings (SSSR count). The second-order valence-corrected chi connectivity index (χ2v) is 4.26. The van der Waals surface area contributed by atoms with Crippen LogP contribution in [0.5, 0.6) is 0 Å². The summed E-state index contributed by atoms with van der Waals surface area (Å²) in [5.74, 6) is 0. The summed E-state index contributed by atoms with van der Waals surface area (Å²) in [6, 6.07) is 7.06. The first-order valence-electron chi connectivity index (χ1n) is 5.82. The van der Waals surface area contributed by atoms with E-state index >= 15 is 0 Å². The highest BCUT2D eigenvalue weighted by Gasteiger charge is 2.33. The van der Waals surface area contributed by atoms with Gasteiger partial charge in [0.25, 0.3) is 0 Å². The van der Waals surface area contributed by atoms with Crippen molar-refractivity contribution < 1.29 is 13.2 Å².